The summed E-state index contributed by atoms with van der Waals surface area (Å²) < 4.78 is -0.612. The second kappa shape index (κ2) is 4.15. The lowest BCUT2D eigenvalue weighted by Crippen LogP contribution is -2.44. The molecule has 0 aromatic carbocycles. The van der Waals surface area contributed by atoms with Crippen LogP contribution in [0.1, 0.15) is 21.6 Å². The number of quaternary nitrogens is 1. The first-order chi connectivity index (χ1) is 8.03. The van der Waals surface area contributed by atoms with Crippen LogP contribution in [0.5, 0.6) is 0 Å². The number of ketones is 1. The molecule has 0 spiro atoms. The molecule has 8 heteroatoms. The van der Waals surface area contributed by atoms with Gasteiger partial charge >= 0.3 is 6.03 Å². The second-order valence-electron chi connectivity index (χ2n) is 3.39. The van der Waals surface area contributed by atoms with Gasteiger partial charge in [0.25, 0.3) is 0 Å². The molecule has 0 bridgehead atoms. The molecule has 1 unspecified atom stereocenters. The van der Waals surface area contributed by atoms with Gasteiger partial charge in [-0.05, 0) is 10.2 Å². The van der Waals surface area contributed by atoms with E-state index in [1.165, 1.54) is 30.7 Å². The van der Waals surface area contributed by atoms with Gasteiger partial charge in [-0.15, -0.1) is 11.3 Å². The van der Waals surface area contributed by atoms with E-state index in [4.69, 9.17) is 5.73 Å². The molecule has 7 nitrogen and oxygen atoms in total. The molecule has 0 saturated heterocycles. The maximum atomic E-state index is 11.3. The van der Waals surface area contributed by atoms with E-state index in [1.807, 2.05) is 0 Å². The van der Waals surface area contributed by atoms with Gasteiger partial charge in [-0.25, -0.2) is 9.78 Å². The summed E-state index contributed by atoms with van der Waals surface area (Å²) in [6, 6.07) is -0.705. The monoisotopic (exact) mass is 251 g/mol. The highest BCUT2D eigenvalue weighted by Gasteiger charge is 2.39. The van der Waals surface area contributed by atoms with Crippen LogP contribution >= 0.6 is 11.3 Å². The zero-order valence-electron chi connectivity index (χ0n) is 8.95. The second-order valence-corrected chi connectivity index (χ2v) is 4.50. The van der Waals surface area contributed by atoms with Crippen molar-refractivity contribution < 1.29 is 14.3 Å². The number of rotatable bonds is 3. The van der Waals surface area contributed by atoms with Crippen molar-refractivity contribution in [3.05, 3.63) is 16.1 Å². The molecule has 1 aliphatic heterocycles. The Labute approximate surface area is 101 Å². The van der Waals surface area contributed by atoms with Gasteiger partial charge in [0.2, 0.25) is 0 Å². The highest BCUT2D eigenvalue weighted by atomic mass is 32.1. The van der Waals surface area contributed by atoms with Crippen molar-refractivity contribution in [3.8, 4) is 0 Å². The predicted octanol–water partition coefficient (Wildman–Crippen LogP) is 0.603. The minimum atomic E-state index is -0.705. The van der Waals surface area contributed by atoms with Gasteiger partial charge in [0.15, 0.2) is 23.6 Å². The third-order valence-electron chi connectivity index (χ3n) is 2.11. The minimum Gasteiger partial charge on any atom is -0.315 e. The lowest BCUT2D eigenvalue weighted by Gasteiger charge is -2.15. The van der Waals surface area contributed by atoms with E-state index in [0.717, 1.165) is 0 Å². The van der Waals surface area contributed by atoms with Gasteiger partial charge in [0, 0.05) is 17.8 Å². The topological polar surface area (TPSA) is 97.8 Å². The number of carbonyl (C=O) groups is 2. The first-order valence-corrected chi connectivity index (χ1v) is 5.51. The highest BCUT2D eigenvalue weighted by Crippen LogP contribution is 2.22. The number of carbonyl (C=O) groups excluding carboxylic acids is 2. The Balaban J connectivity index is 2.24. The Morgan fingerprint density at radius 2 is 2.35 bits per heavy atom. The van der Waals surface area contributed by atoms with Gasteiger partial charge in [-0.1, -0.05) is 0 Å². The molecule has 2 heterocycles. The lowest BCUT2D eigenvalue weighted by atomic mass is 10.5. The summed E-state index contributed by atoms with van der Waals surface area (Å²) in [5.41, 5.74) is 5.25. The molecular weight excluding hydrogens is 242 g/mol. The Morgan fingerprint density at radius 3 is 2.82 bits per heavy atom. The van der Waals surface area contributed by atoms with Crippen LogP contribution in [0.4, 0.5) is 4.79 Å². The SMILES string of the molecule is CC(=O)c1ncc(C[N+]2(C(N)=O)N=[C]C=N2)s1. The molecule has 1 aliphatic rings. The van der Waals surface area contributed by atoms with Crippen LogP contribution in [-0.4, -0.2) is 33.9 Å². The van der Waals surface area contributed by atoms with Crippen LogP contribution in [0, 0.1) is 0 Å². The Bertz CT molecular complexity index is 521. The Hall–Kier alpha value is -1.93. The first-order valence-electron chi connectivity index (χ1n) is 4.69. The highest BCUT2D eigenvalue weighted by molar-refractivity contribution is 7.13. The van der Waals surface area contributed by atoms with Crippen molar-refractivity contribution in [3.63, 3.8) is 0 Å². The van der Waals surface area contributed by atoms with E-state index >= 15 is 0 Å². The average Bonchev–Trinajstić information content (AvgIpc) is 2.88. The molecule has 87 valence electrons. The van der Waals surface area contributed by atoms with Gasteiger partial charge in [0.05, 0.1) is 4.88 Å². The van der Waals surface area contributed by atoms with Crippen molar-refractivity contribution in [2.75, 3.05) is 0 Å². The van der Waals surface area contributed by atoms with Crippen molar-refractivity contribution >= 4 is 35.6 Å². The Morgan fingerprint density at radius 1 is 1.59 bits per heavy atom. The van der Waals surface area contributed by atoms with Crippen molar-refractivity contribution in [1.29, 1.82) is 0 Å². The number of primary amides is 1. The number of urea groups is 1. The summed E-state index contributed by atoms with van der Waals surface area (Å²) in [6.07, 6.45) is 5.28. The number of hydrogen-bond donors (Lipinski definition) is 1. The van der Waals surface area contributed by atoms with Crippen LogP contribution in [0.15, 0.2) is 16.4 Å². The number of Topliss-reactive ketones (excluding diaryl/α,β-unsaturated/α-hetero) is 1. The van der Waals surface area contributed by atoms with Crippen LogP contribution in [0.2, 0.25) is 0 Å². The van der Waals surface area contributed by atoms with Crippen LogP contribution in [0.3, 0.4) is 0 Å². The van der Waals surface area contributed by atoms with Gasteiger partial charge in [-0.2, -0.15) is 0 Å². The minimum absolute atomic E-state index is 0.119. The van der Waals surface area contributed by atoms with E-state index in [1.54, 1.807) is 0 Å². The number of nitrogens with two attached hydrogens (primary N) is 1. The van der Waals surface area contributed by atoms with E-state index < -0.39 is 10.7 Å². The molecule has 1 aromatic rings. The quantitative estimate of drug-likeness (QED) is 0.629. The van der Waals surface area contributed by atoms with E-state index in [2.05, 4.69) is 21.4 Å². The number of nitrogens with zero attached hydrogens (tertiary/aromatic N) is 4. The molecule has 0 fully saturated rings. The lowest BCUT2D eigenvalue weighted by molar-refractivity contribution is -0.872. The molecular formula is C9H9N5O2S+. The zero-order chi connectivity index (χ0) is 12.5. The largest absolute Gasteiger partial charge is 0.468 e. The molecule has 2 N–H and O–H groups in total. The fourth-order valence-electron chi connectivity index (χ4n) is 1.29. The molecule has 0 saturated carbocycles. The number of amides is 2. The standard InChI is InChI=1S/C9H8N5O2S/c1-6(15)8-11-4-7(17-8)5-14(9(10)16)12-2-3-13-14/h2,4H,5H2,1H3,(H-,10,16)/p+1. The molecule has 2 amide bonds. The molecule has 1 aromatic heterocycles. The maximum Gasteiger partial charge on any atom is 0.468 e. The fraction of sp³-hybridized carbons (Fsp3) is 0.222. The van der Waals surface area contributed by atoms with Gasteiger partial charge in [0.1, 0.15) is 6.21 Å². The third-order valence-corrected chi connectivity index (χ3v) is 3.20. The van der Waals surface area contributed by atoms with Crippen LogP contribution in [-0.2, 0) is 6.54 Å². The summed E-state index contributed by atoms with van der Waals surface area (Å²) in [5.74, 6) is -0.119. The van der Waals surface area contributed by atoms with Crippen molar-refractivity contribution in [1.82, 2.24) is 4.98 Å². The summed E-state index contributed by atoms with van der Waals surface area (Å²) in [4.78, 5) is 27.1. The predicted molar refractivity (Wildman–Crippen MR) is 61.6 cm³/mol. The first kappa shape index (κ1) is 11.6. The van der Waals surface area contributed by atoms with E-state index in [9.17, 15) is 9.59 Å². The maximum absolute atomic E-state index is 11.3. The zero-order valence-corrected chi connectivity index (χ0v) is 9.77. The van der Waals surface area contributed by atoms with Gasteiger partial charge in [-0.3, -0.25) is 4.79 Å². The summed E-state index contributed by atoms with van der Waals surface area (Å²) in [6.45, 7) is 1.57. The van der Waals surface area contributed by atoms with E-state index in [0.29, 0.717) is 9.88 Å². The third kappa shape index (κ3) is 2.12. The van der Waals surface area contributed by atoms with Crippen molar-refractivity contribution in [2.24, 2.45) is 15.9 Å². The number of thiazole rings is 1. The summed E-state index contributed by atoms with van der Waals surface area (Å²) >= 11 is 1.20. The van der Waals surface area contributed by atoms with Crippen molar-refractivity contribution in [2.45, 2.75) is 13.5 Å². The van der Waals surface area contributed by atoms with Crippen LogP contribution < -0.4 is 5.73 Å². The van der Waals surface area contributed by atoms with Crippen LogP contribution in [0.25, 0.3) is 0 Å². The van der Waals surface area contributed by atoms with E-state index in [-0.39, 0.29) is 12.3 Å². The molecule has 0 aliphatic carbocycles. The molecule has 1 atom stereocenters. The fourth-order valence-corrected chi connectivity index (χ4v) is 2.14. The molecule has 2 rings (SSSR count). The normalized spacial score (nSPS) is 16.3. The smallest absolute Gasteiger partial charge is 0.315 e. The molecule has 17 heavy (non-hydrogen) atoms. The average molecular weight is 251 g/mol. The summed E-state index contributed by atoms with van der Waals surface area (Å²) in [5, 5.41) is 8.06. The number of hydrogen-bond acceptors (Lipinski definition) is 6. The number of aromatic nitrogens is 1. The van der Waals surface area contributed by atoms with Gasteiger partial charge < -0.3 is 5.73 Å². The molecule has 1 radical (unpaired) electrons. The summed E-state index contributed by atoms with van der Waals surface area (Å²) in [7, 11) is 0. The Kier molecular flexibility index (Phi) is 2.82.